The molecule has 0 amide bonds. The summed E-state index contributed by atoms with van der Waals surface area (Å²) in [6.45, 7) is 12.4. The number of methoxy groups -OCH3 is 1. The van der Waals surface area contributed by atoms with E-state index in [-0.39, 0.29) is 34.8 Å². The van der Waals surface area contributed by atoms with Crippen molar-refractivity contribution in [2.75, 3.05) is 45.6 Å². The Morgan fingerprint density at radius 3 is 2.37 bits per heavy atom. The van der Waals surface area contributed by atoms with E-state index in [0.717, 1.165) is 31.3 Å². The van der Waals surface area contributed by atoms with Crippen LogP contribution >= 0.6 is 24.0 Å². The summed E-state index contributed by atoms with van der Waals surface area (Å²) in [6.07, 6.45) is 2.49. The van der Waals surface area contributed by atoms with Crippen molar-refractivity contribution in [1.29, 1.82) is 0 Å². The van der Waals surface area contributed by atoms with Crippen LogP contribution in [0, 0.1) is 0 Å². The minimum absolute atomic E-state index is 0. The van der Waals surface area contributed by atoms with Crippen LogP contribution in [0.15, 0.2) is 29.3 Å². The van der Waals surface area contributed by atoms with Crippen molar-refractivity contribution in [2.24, 2.45) is 4.99 Å². The fourth-order valence-electron chi connectivity index (χ4n) is 3.40. The van der Waals surface area contributed by atoms with E-state index in [1.807, 2.05) is 32.9 Å². The largest absolute Gasteiger partial charge is 0.497 e. The second-order valence-electron chi connectivity index (χ2n) is 8.34. The van der Waals surface area contributed by atoms with E-state index in [0.29, 0.717) is 18.8 Å². The summed E-state index contributed by atoms with van der Waals surface area (Å²) < 4.78 is 17.4. The molecule has 172 valence electrons. The minimum atomic E-state index is -0.871. The molecule has 0 aliphatic carbocycles. The zero-order valence-electron chi connectivity index (χ0n) is 19.1. The lowest BCUT2D eigenvalue weighted by atomic mass is 10.1. The van der Waals surface area contributed by atoms with Gasteiger partial charge in [-0.1, -0.05) is 12.1 Å². The molecule has 30 heavy (non-hydrogen) atoms. The predicted molar refractivity (Wildman–Crippen MR) is 139 cm³/mol. The lowest BCUT2D eigenvalue weighted by molar-refractivity contribution is 0.251. The van der Waals surface area contributed by atoms with E-state index in [1.165, 1.54) is 18.4 Å². The van der Waals surface area contributed by atoms with Gasteiger partial charge >= 0.3 is 0 Å². The quantitative estimate of drug-likeness (QED) is 0.280. The molecule has 6 nitrogen and oxygen atoms in total. The first-order valence-electron chi connectivity index (χ1n) is 10.6. The van der Waals surface area contributed by atoms with Crippen LogP contribution in [0.3, 0.4) is 0 Å². The van der Waals surface area contributed by atoms with Crippen LogP contribution in [0.25, 0.3) is 0 Å². The van der Waals surface area contributed by atoms with Crippen LogP contribution in [-0.2, 0) is 10.8 Å². The van der Waals surface area contributed by atoms with E-state index < -0.39 is 10.8 Å². The molecule has 1 saturated heterocycles. The molecule has 1 aromatic rings. The Morgan fingerprint density at radius 2 is 1.83 bits per heavy atom. The van der Waals surface area contributed by atoms with Crippen LogP contribution < -0.4 is 15.4 Å². The molecular weight excluding hydrogens is 511 g/mol. The van der Waals surface area contributed by atoms with E-state index >= 15 is 0 Å². The average molecular weight is 551 g/mol. The number of ether oxygens (including phenoxy) is 1. The summed E-state index contributed by atoms with van der Waals surface area (Å²) >= 11 is 0. The van der Waals surface area contributed by atoms with Crippen molar-refractivity contribution >= 4 is 40.7 Å². The summed E-state index contributed by atoms with van der Waals surface area (Å²) in [5.41, 5.74) is 1.26. The van der Waals surface area contributed by atoms with Crippen molar-refractivity contribution in [3.63, 3.8) is 0 Å². The molecule has 2 N–H and O–H groups in total. The van der Waals surface area contributed by atoms with E-state index in [9.17, 15) is 4.21 Å². The molecule has 0 bridgehead atoms. The molecular formula is C22H39IN4O2S. The number of hydrogen-bond acceptors (Lipinski definition) is 4. The van der Waals surface area contributed by atoms with Gasteiger partial charge in [-0.25, -0.2) is 0 Å². The summed E-state index contributed by atoms with van der Waals surface area (Å²) in [7, 11) is 0.822. The number of nitrogens with one attached hydrogen (secondary N) is 2. The summed E-state index contributed by atoms with van der Waals surface area (Å²) in [4.78, 5) is 7.38. The van der Waals surface area contributed by atoms with Crippen molar-refractivity contribution in [3.05, 3.63) is 29.8 Å². The molecule has 2 atom stereocenters. The molecule has 0 saturated carbocycles. The number of guanidine groups is 1. The van der Waals surface area contributed by atoms with Crippen LogP contribution in [0.4, 0.5) is 0 Å². The second kappa shape index (κ2) is 13.5. The van der Waals surface area contributed by atoms with Crippen LogP contribution in [0.1, 0.15) is 52.1 Å². The van der Waals surface area contributed by atoms with Gasteiger partial charge in [-0.3, -0.25) is 14.1 Å². The average Bonchev–Trinajstić information content (AvgIpc) is 3.22. The van der Waals surface area contributed by atoms with Crippen LogP contribution in [0.2, 0.25) is 0 Å². The molecule has 1 fully saturated rings. The molecule has 0 aromatic heterocycles. The Hall–Kier alpha value is -0.870. The van der Waals surface area contributed by atoms with Gasteiger partial charge in [0.2, 0.25) is 0 Å². The molecule has 1 aliphatic heterocycles. The maximum atomic E-state index is 12.3. The van der Waals surface area contributed by atoms with Crippen LogP contribution in [-0.4, -0.2) is 65.4 Å². The fraction of sp³-hybridized carbons (Fsp3) is 0.682. The van der Waals surface area contributed by atoms with Crippen molar-refractivity contribution in [2.45, 2.75) is 51.3 Å². The highest BCUT2D eigenvalue weighted by atomic mass is 127. The summed E-state index contributed by atoms with van der Waals surface area (Å²) in [5, 5.41) is 6.66. The SMILES string of the molecule is CCNC(=NCC(c1ccc(OC)cc1)N1CCCC1)NCCS(=O)C(C)(C)C.I. The lowest BCUT2D eigenvalue weighted by Gasteiger charge is -2.27. The minimum Gasteiger partial charge on any atom is -0.497 e. The zero-order valence-corrected chi connectivity index (χ0v) is 22.2. The molecule has 8 heteroatoms. The Balaban J connectivity index is 0.00000450. The number of nitrogens with zero attached hydrogens (tertiary/aromatic N) is 2. The second-order valence-corrected chi connectivity index (χ2v) is 10.7. The number of halogens is 1. The zero-order chi connectivity index (χ0) is 21.3. The molecule has 2 unspecified atom stereocenters. The summed E-state index contributed by atoms with van der Waals surface area (Å²) in [6, 6.07) is 8.58. The first-order valence-corrected chi connectivity index (χ1v) is 12.0. The van der Waals surface area contributed by atoms with Gasteiger partial charge in [0.1, 0.15) is 5.75 Å². The maximum Gasteiger partial charge on any atom is 0.191 e. The van der Waals surface area contributed by atoms with Gasteiger partial charge in [-0.15, -0.1) is 24.0 Å². The van der Waals surface area contributed by atoms with Crippen molar-refractivity contribution in [3.8, 4) is 5.75 Å². The Kier molecular flexibility index (Phi) is 12.2. The third-order valence-corrected chi connectivity index (χ3v) is 7.05. The molecule has 1 aliphatic rings. The molecule has 0 spiro atoms. The third-order valence-electron chi connectivity index (χ3n) is 5.11. The van der Waals surface area contributed by atoms with Crippen molar-refractivity contribution < 1.29 is 8.95 Å². The Labute approximate surface area is 202 Å². The Bertz CT molecular complexity index is 671. The van der Waals surface area contributed by atoms with Gasteiger partial charge in [0.05, 0.1) is 19.7 Å². The lowest BCUT2D eigenvalue weighted by Crippen LogP contribution is -2.41. The highest BCUT2D eigenvalue weighted by molar-refractivity contribution is 14.0. The van der Waals surface area contributed by atoms with E-state index in [2.05, 4.69) is 34.6 Å². The van der Waals surface area contributed by atoms with E-state index in [4.69, 9.17) is 9.73 Å². The van der Waals surface area contributed by atoms with Gasteiger partial charge in [0.25, 0.3) is 0 Å². The van der Waals surface area contributed by atoms with Gasteiger partial charge in [0.15, 0.2) is 5.96 Å². The number of hydrogen-bond donors (Lipinski definition) is 2. The number of likely N-dealkylation sites (tertiary alicyclic amines) is 1. The maximum absolute atomic E-state index is 12.3. The van der Waals surface area contributed by atoms with Crippen molar-refractivity contribution in [1.82, 2.24) is 15.5 Å². The first kappa shape index (κ1) is 27.2. The Morgan fingerprint density at radius 1 is 1.20 bits per heavy atom. The van der Waals surface area contributed by atoms with E-state index in [1.54, 1.807) is 7.11 Å². The van der Waals surface area contributed by atoms with Crippen LogP contribution in [0.5, 0.6) is 5.75 Å². The summed E-state index contributed by atoms with van der Waals surface area (Å²) in [5.74, 6) is 2.28. The first-order chi connectivity index (χ1) is 13.8. The predicted octanol–water partition coefficient (Wildman–Crippen LogP) is 3.55. The topological polar surface area (TPSA) is 66.0 Å². The number of aliphatic imine (C=N–C) groups is 1. The fourth-order valence-corrected chi connectivity index (χ4v) is 4.30. The third kappa shape index (κ3) is 8.70. The molecule has 2 rings (SSSR count). The number of rotatable bonds is 9. The molecule has 1 heterocycles. The molecule has 0 radical (unpaired) electrons. The highest BCUT2D eigenvalue weighted by Gasteiger charge is 2.23. The number of benzene rings is 1. The normalized spacial score (nSPS) is 17.2. The van der Waals surface area contributed by atoms with Gasteiger partial charge in [0, 0.05) is 34.4 Å². The smallest absolute Gasteiger partial charge is 0.191 e. The van der Waals surface area contributed by atoms with Gasteiger partial charge in [-0.05, 0) is 71.3 Å². The monoisotopic (exact) mass is 550 g/mol. The van der Waals surface area contributed by atoms with Gasteiger partial charge in [-0.2, -0.15) is 0 Å². The molecule has 1 aromatic carbocycles. The van der Waals surface area contributed by atoms with Gasteiger partial charge < -0.3 is 15.4 Å². The standard InChI is InChI=1S/C22H38N4O2S.HI/c1-6-23-21(24-13-16-29(27)22(2,3)4)25-17-20(26-14-7-8-15-26)18-9-11-19(28-5)12-10-18;/h9-12,20H,6-8,13-17H2,1-5H3,(H2,23,24,25);1H. The highest BCUT2D eigenvalue weighted by Crippen LogP contribution is 2.27.